The first kappa shape index (κ1) is 18.1. The molecule has 1 heterocycles. The van der Waals surface area contributed by atoms with Gasteiger partial charge in [0, 0.05) is 14.1 Å². The molecule has 0 atom stereocenters. The minimum absolute atomic E-state index is 0.194. The van der Waals surface area contributed by atoms with Crippen molar-refractivity contribution in [2.45, 2.75) is 6.54 Å². The lowest BCUT2D eigenvalue weighted by Gasteiger charge is -2.21. The van der Waals surface area contributed by atoms with E-state index in [4.69, 9.17) is 14.2 Å². The van der Waals surface area contributed by atoms with Gasteiger partial charge in [-0.2, -0.15) is 5.10 Å². The van der Waals surface area contributed by atoms with E-state index in [2.05, 4.69) is 21.0 Å². The van der Waals surface area contributed by atoms with E-state index in [1.54, 1.807) is 35.0 Å². The Hall–Kier alpha value is -2.22. The van der Waals surface area contributed by atoms with Gasteiger partial charge in [-0.1, -0.05) is 0 Å². The van der Waals surface area contributed by atoms with Crippen LogP contribution in [0.15, 0.2) is 22.8 Å². The number of carbonyl (C=O) groups is 1. The molecule has 0 bridgehead atoms. The molecular weight excluding hydrogens is 378 g/mol. The molecule has 0 N–H and O–H groups in total. The molecule has 2 aromatic rings. The number of benzene rings is 1. The second-order valence-corrected chi connectivity index (χ2v) is 5.96. The largest absolute Gasteiger partial charge is 0.493 e. The van der Waals surface area contributed by atoms with Crippen LogP contribution in [0.3, 0.4) is 0 Å². The molecule has 1 aromatic heterocycles. The Morgan fingerprint density at radius 2 is 1.88 bits per heavy atom. The zero-order valence-electron chi connectivity index (χ0n) is 14.3. The molecule has 1 aromatic carbocycles. The predicted molar refractivity (Wildman–Crippen MR) is 92.8 cm³/mol. The van der Waals surface area contributed by atoms with Crippen molar-refractivity contribution in [2.24, 2.45) is 7.05 Å². The number of amides is 1. The van der Waals surface area contributed by atoms with Crippen LogP contribution in [0, 0.1) is 0 Å². The van der Waals surface area contributed by atoms with Crippen LogP contribution in [0.4, 0.5) is 0 Å². The highest BCUT2D eigenvalue weighted by atomic mass is 79.9. The molecule has 7 nitrogen and oxygen atoms in total. The van der Waals surface area contributed by atoms with Crippen molar-refractivity contribution in [1.82, 2.24) is 14.7 Å². The van der Waals surface area contributed by atoms with Crippen LogP contribution < -0.4 is 14.2 Å². The first-order valence-electron chi connectivity index (χ1n) is 7.15. The topological polar surface area (TPSA) is 65.8 Å². The zero-order chi connectivity index (χ0) is 17.9. The Bertz CT molecular complexity index is 726. The number of carbonyl (C=O) groups excluding carboxylic acids is 1. The average Bonchev–Trinajstić information content (AvgIpc) is 2.91. The summed E-state index contributed by atoms with van der Waals surface area (Å²) >= 11 is 3.44. The second-order valence-electron chi connectivity index (χ2n) is 5.11. The molecule has 0 aliphatic heterocycles. The maximum Gasteiger partial charge on any atom is 0.257 e. The van der Waals surface area contributed by atoms with E-state index >= 15 is 0 Å². The molecule has 0 unspecified atom stereocenters. The summed E-state index contributed by atoms with van der Waals surface area (Å²) < 4.78 is 18.5. The molecule has 2 rings (SSSR count). The molecule has 24 heavy (non-hydrogen) atoms. The number of methoxy groups -OCH3 is 3. The van der Waals surface area contributed by atoms with Crippen molar-refractivity contribution in [2.75, 3.05) is 28.4 Å². The Labute approximate surface area is 149 Å². The molecule has 130 valence electrons. The summed E-state index contributed by atoms with van der Waals surface area (Å²) in [5.41, 5.74) is 1.29. The summed E-state index contributed by atoms with van der Waals surface area (Å²) in [6.07, 6.45) is 1.70. The lowest BCUT2D eigenvalue weighted by atomic mass is 10.1. The van der Waals surface area contributed by atoms with Gasteiger partial charge < -0.3 is 19.1 Å². The van der Waals surface area contributed by atoms with Crippen LogP contribution in [-0.4, -0.2) is 49.0 Å². The summed E-state index contributed by atoms with van der Waals surface area (Å²) in [4.78, 5) is 14.4. The van der Waals surface area contributed by atoms with Crippen LogP contribution >= 0.6 is 15.9 Å². The van der Waals surface area contributed by atoms with Gasteiger partial charge in [-0.05, 0) is 28.1 Å². The number of ether oxygens (including phenoxy) is 3. The van der Waals surface area contributed by atoms with Gasteiger partial charge in [-0.15, -0.1) is 0 Å². The quantitative estimate of drug-likeness (QED) is 0.748. The Morgan fingerprint density at radius 3 is 2.38 bits per heavy atom. The predicted octanol–water partition coefficient (Wildman–Crippen LogP) is 2.48. The SMILES string of the molecule is COc1ccc(C(=O)N(C)Cc2c(Br)cnn2C)c(OC)c1OC. The molecule has 0 saturated heterocycles. The van der Waals surface area contributed by atoms with Crippen molar-refractivity contribution >= 4 is 21.8 Å². The Morgan fingerprint density at radius 1 is 1.21 bits per heavy atom. The van der Waals surface area contributed by atoms with Crippen LogP contribution in [0.1, 0.15) is 16.1 Å². The fraction of sp³-hybridized carbons (Fsp3) is 0.375. The number of hydrogen-bond donors (Lipinski definition) is 0. The molecule has 0 spiro atoms. The van der Waals surface area contributed by atoms with E-state index in [0.717, 1.165) is 10.2 Å². The molecular formula is C16H20BrN3O4. The van der Waals surface area contributed by atoms with Gasteiger partial charge in [-0.3, -0.25) is 9.48 Å². The fourth-order valence-electron chi connectivity index (χ4n) is 2.39. The monoisotopic (exact) mass is 397 g/mol. The lowest BCUT2D eigenvalue weighted by molar-refractivity contribution is 0.0777. The van der Waals surface area contributed by atoms with Crippen molar-refractivity contribution in [3.63, 3.8) is 0 Å². The van der Waals surface area contributed by atoms with Crippen molar-refractivity contribution in [3.8, 4) is 17.2 Å². The third-order valence-electron chi connectivity index (χ3n) is 3.68. The number of aromatic nitrogens is 2. The minimum Gasteiger partial charge on any atom is -0.493 e. The van der Waals surface area contributed by atoms with Gasteiger partial charge in [0.15, 0.2) is 11.5 Å². The number of rotatable bonds is 6. The fourth-order valence-corrected chi connectivity index (χ4v) is 2.86. The van der Waals surface area contributed by atoms with Gasteiger partial charge in [0.1, 0.15) is 0 Å². The summed E-state index contributed by atoms with van der Waals surface area (Å²) in [5, 5.41) is 4.16. The lowest BCUT2D eigenvalue weighted by Crippen LogP contribution is -2.28. The highest BCUT2D eigenvalue weighted by Crippen LogP contribution is 2.40. The van der Waals surface area contributed by atoms with Crippen molar-refractivity contribution < 1.29 is 19.0 Å². The minimum atomic E-state index is -0.194. The molecule has 0 aliphatic rings. The number of hydrogen-bond acceptors (Lipinski definition) is 5. The number of nitrogens with zero attached hydrogens (tertiary/aromatic N) is 3. The second kappa shape index (κ2) is 7.57. The smallest absolute Gasteiger partial charge is 0.257 e. The average molecular weight is 398 g/mol. The van der Waals surface area contributed by atoms with Gasteiger partial charge in [-0.25, -0.2) is 0 Å². The normalized spacial score (nSPS) is 10.4. The van der Waals surface area contributed by atoms with Gasteiger partial charge in [0.05, 0.1) is 49.8 Å². The molecule has 0 fully saturated rings. The first-order valence-corrected chi connectivity index (χ1v) is 7.94. The highest BCUT2D eigenvalue weighted by molar-refractivity contribution is 9.10. The maximum atomic E-state index is 12.8. The Balaban J connectivity index is 2.35. The summed E-state index contributed by atoms with van der Waals surface area (Å²) in [5.74, 6) is 1.04. The molecule has 0 aliphatic carbocycles. The van der Waals surface area contributed by atoms with Crippen LogP contribution in [0.2, 0.25) is 0 Å². The van der Waals surface area contributed by atoms with E-state index in [1.807, 2.05) is 7.05 Å². The van der Waals surface area contributed by atoms with Crippen molar-refractivity contribution in [1.29, 1.82) is 0 Å². The molecule has 1 amide bonds. The van der Waals surface area contributed by atoms with E-state index in [0.29, 0.717) is 29.4 Å². The van der Waals surface area contributed by atoms with E-state index in [-0.39, 0.29) is 5.91 Å². The summed E-state index contributed by atoms with van der Waals surface area (Å²) in [7, 11) is 8.08. The van der Waals surface area contributed by atoms with Gasteiger partial charge in [0.25, 0.3) is 5.91 Å². The van der Waals surface area contributed by atoms with E-state index in [1.165, 1.54) is 21.3 Å². The third kappa shape index (κ3) is 3.33. The van der Waals surface area contributed by atoms with E-state index in [9.17, 15) is 4.79 Å². The molecule has 0 saturated carbocycles. The standard InChI is InChI=1S/C16H20BrN3O4/c1-19(9-12-11(17)8-18-20(12)2)16(21)10-6-7-13(22-3)15(24-5)14(10)23-4/h6-8H,9H2,1-5H3. The van der Waals surface area contributed by atoms with Gasteiger partial charge >= 0.3 is 0 Å². The van der Waals surface area contributed by atoms with Crippen LogP contribution in [0.25, 0.3) is 0 Å². The molecule has 0 radical (unpaired) electrons. The van der Waals surface area contributed by atoms with Gasteiger partial charge in [0.2, 0.25) is 5.75 Å². The van der Waals surface area contributed by atoms with Crippen LogP contribution in [0.5, 0.6) is 17.2 Å². The maximum absolute atomic E-state index is 12.8. The summed E-state index contributed by atoms with van der Waals surface area (Å²) in [6, 6.07) is 3.35. The van der Waals surface area contributed by atoms with Crippen molar-refractivity contribution in [3.05, 3.63) is 34.1 Å². The Kier molecular flexibility index (Phi) is 5.71. The summed E-state index contributed by atoms with van der Waals surface area (Å²) in [6.45, 7) is 0.396. The third-order valence-corrected chi connectivity index (χ3v) is 4.34. The zero-order valence-corrected chi connectivity index (χ0v) is 15.9. The highest BCUT2D eigenvalue weighted by Gasteiger charge is 2.24. The van der Waals surface area contributed by atoms with E-state index < -0.39 is 0 Å². The van der Waals surface area contributed by atoms with Crippen LogP contribution in [-0.2, 0) is 13.6 Å². The molecule has 8 heteroatoms. The number of aryl methyl sites for hydroxylation is 1. The first-order chi connectivity index (χ1) is 11.4. The number of halogens is 1.